The largest absolute Gasteiger partial charge is 0.327 e. The summed E-state index contributed by atoms with van der Waals surface area (Å²) < 4.78 is 0. The Labute approximate surface area is 86.4 Å². The van der Waals surface area contributed by atoms with Gasteiger partial charge >= 0.3 is 0 Å². The summed E-state index contributed by atoms with van der Waals surface area (Å²) in [5, 5.41) is 0. The standard InChI is InChI=1S/C12H22N2/c1-5-3-4-6(2)8-10-9(12(8)14)7(5)11(10)13/h5-12H,3-4,13-14H2,1-2H3. The van der Waals surface area contributed by atoms with E-state index in [-0.39, 0.29) is 0 Å². The lowest BCUT2D eigenvalue weighted by molar-refractivity contribution is -0.181. The van der Waals surface area contributed by atoms with E-state index in [0.717, 1.165) is 35.5 Å². The van der Waals surface area contributed by atoms with Crippen LogP contribution in [-0.4, -0.2) is 12.1 Å². The zero-order valence-corrected chi connectivity index (χ0v) is 9.19. The third kappa shape index (κ3) is 0.849. The first-order valence-corrected chi connectivity index (χ1v) is 6.14. The molecule has 0 spiro atoms. The molecule has 0 saturated heterocycles. The molecule has 0 aromatic heterocycles. The number of fused-ring (bicyclic) bond motifs is 3. The summed E-state index contributed by atoms with van der Waals surface area (Å²) in [4.78, 5) is 0. The fourth-order valence-electron chi connectivity index (χ4n) is 4.70. The molecule has 8 atom stereocenters. The molecule has 2 nitrogen and oxygen atoms in total. The van der Waals surface area contributed by atoms with E-state index in [1.54, 1.807) is 0 Å². The first-order valence-electron chi connectivity index (χ1n) is 6.14. The monoisotopic (exact) mass is 194 g/mol. The molecule has 0 aromatic rings. The van der Waals surface area contributed by atoms with Crippen LogP contribution in [0.15, 0.2) is 0 Å². The summed E-state index contributed by atoms with van der Waals surface area (Å²) >= 11 is 0. The van der Waals surface area contributed by atoms with Gasteiger partial charge < -0.3 is 11.5 Å². The van der Waals surface area contributed by atoms with Crippen molar-refractivity contribution in [2.75, 3.05) is 0 Å². The Morgan fingerprint density at radius 1 is 0.714 bits per heavy atom. The van der Waals surface area contributed by atoms with E-state index >= 15 is 0 Å². The van der Waals surface area contributed by atoms with E-state index in [0.29, 0.717) is 12.1 Å². The van der Waals surface area contributed by atoms with Gasteiger partial charge in [-0.25, -0.2) is 0 Å². The predicted octanol–water partition coefficient (Wildman–Crippen LogP) is 1.20. The van der Waals surface area contributed by atoms with Crippen LogP contribution >= 0.6 is 0 Å². The van der Waals surface area contributed by atoms with E-state index in [1.807, 2.05) is 0 Å². The molecule has 80 valence electrons. The van der Waals surface area contributed by atoms with Crippen LogP contribution in [0.2, 0.25) is 0 Å². The van der Waals surface area contributed by atoms with E-state index in [1.165, 1.54) is 12.8 Å². The van der Waals surface area contributed by atoms with Gasteiger partial charge in [0.25, 0.3) is 0 Å². The lowest BCUT2D eigenvalue weighted by Crippen LogP contribution is -2.78. The third-order valence-electron chi connectivity index (χ3n) is 5.50. The second-order valence-corrected chi connectivity index (χ2v) is 6.00. The maximum Gasteiger partial charge on any atom is 0.0108 e. The topological polar surface area (TPSA) is 52.0 Å². The Morgan fingerprint density at radius 3 is 1.43 bits per heavy atom. The van der Waals surface area contributed by atoms with Crippen molar-refractivity contribution in [3.8, 4) is 0 Å². The minimum atomic E-state index is 0.475. The first-order chi connectivity index (χ1) is 6.63. The fourth-order valence-corrected chi connectivity index (χ4v) is 4.70. The normalized spacial score (nSPS) is 66.0. The molecule has 4 fully saturated rings. The second-order valence-electron chi connectivity index (χ2n) is 6.00. The molecule has 4 rings (SSSR count). The minimum Gasteiger partial charge on any atom is -0.327 e. The van der Waals surface area contributed by atoms with Crippen molar-refractivity contribution in [2.24, 2.45) is 47.0 Å². The smallest absolute Gasteiger partial charge is 0.0108 e. The van der Waals surface area contributed by atoms with Gasteiger partial charge in [0.1, 0.15) is 0 Å². The van der Waals surface area contributed by atoms with E-state index in [2.05, 4.69) is 13.8 Å². The first kappa shape index (κ1) is 9.17. The van der Waals surface area contributed by atoms with Crippen molar-refractivity contribution < 1.29 is 0 Å². The molecule has 0 aliphatic heterocycles. The molecule has 4 N–H and O–H groups in total. The summed E-state index contributed by atoms with van der Waals surface area (Å²) in [7, 11) is 0. The Bertz CT molecular complexity index is 219. The van der Waals surface area contributed by atoms with Gasteiger partial charge in [0, 0.05) is 12.1 Å². The molecule has 0 amide bonds. The molecule has 4 aliphatic carbocycles. The highest BCUT2D eigenvalue weighted by atomic mass is 14.9. The predicted molar refractivity (Wildman–Crippen MR) is 57.5 cm³/mol. The summed E-state index contributed by atoms with van der Waals surface area (Å²) in [6.07, 6.45) is 2.73. The van der Waals surface area contributed by atoms with E-state index < -0.39 is 0 Å². The molecule has 4 saturated carbocycles. The van der Waals surface area contributed by atoms with Gasteiger partial charge in [0.05, 0.1) is 0 Å². The van der Waals surface area contributed by atoms with Crippen LogP contribution < -0.4 is 11.5 Å². The molecule has 8 unspecified atom stereocenters. The quantitative estimate of drug-likeness (QED) is 0.609. The maximum atomic E-state index is 6.28. The molecule has 14 heavy (non-hydrogen) atoms. The number of hydrogen-bond donors (Lipinski definition) is 2. The lowest BCUT2D eigenvalue weighted by atomic mass is 9.37. The van der Waals surface area contributed by atoms with Crippen LogP contribution in [-0.2, 0) is 0 Å². The van der Waals surface area contributed by atoms with Crippen LogP contribution in [0.5, 0.6) is 0 Å². The highest BCUT2D eigenvalue weighted by Crippen LogP contribution is 2.63. The molecule has 0 radical (unpaired) electrons. The summed E-state index contributed by atoms with van der Waals surface area (Å²) in [6.45, 7) is 4.75. The molecule has 4 bridgehead atoms. The van der Waals surface area contributed by atoms with Crippen LogP contribution in [0, 0.1) is 35.5 Å². The molecule has 2 heteroatoms. The van der Waals surface area contributed by atoms with E-state index in [4.69, 9.17) is 11.5 Å². The minimum absolute atomic E-state index is 0.475. The van der Waals surface area contributed by atoms with Gasteiger partial charge in [-0.3, -0.25) is 0 Å². The zero-order valence-electron chi connectivity index (χ0n) is 9.19. The van der Waals surface area contributed by atoms with Gasteiger partial charge in [0.15, 0.2) is 0 Å². The number of nitrogens with two attached hydrogens (primary N) is 2. The Hall–Kier alpha value is -0.0800. The van der Waals surface area contributed by atoms with Crippen molar-refractivity contribution in [3.05, 3.63) is 0 Å². The van der Waals surface area contributed by atoms with Crippen molar-refractivity contribution in [2.45, 2.75) is 38.8 Å². The van der Waals surface area contributed by atoms with E-state index in [9.17, 15) is 0 Å². The van der Waals surface area contributed by atoms with Gasteiger partial charge in [-0.05, 0) is 35.5 Å². The van der Waals surface area contributed by atoms with Crippen LogP contribution in [0.1, 0.15) is 26.7 Å². The Balaban J connectivity index is 1.89. The SMILES string of the molecule is CC1CCC(C)C2C(N)C3C1C(N)C23. The zero-order chi connectivity index (χ0) is 10.0. The van der Waals surface area contributed by atoms with Gasteiger partial charge in [0.2, 0.25) is 0 Å². The molecule has 4 aliphatic rings. The van der Waals surface area contributed by atoms with Crippen LogP contribution in [0.25, 0.3) is 0 Å². The molecule has 0 heterocycles. The van der Waals surface area contributed by atoms with Crippen molar-refractivity contribution in [1.29, 1.82) is 0 Å². The molecule has 0 aromatic carbocycles. The summed E-state index contributed by atoms with van der Waals surface area (Å²) in [5.41, 5.74) is 12.6. The second kappa shape index (κ2) is 2.73. The molecular formula is C12H22N2. The van der Waals surface area contributed by atoms with Gasteiger partial charge in [-0.2, -0.15) is 0 Å². The highest BCUT2D eigenvalue weighted by molar-refractivity contribution is 5.19. The lowest BCUT2D eigenvalue weighted by Gasteiger charge is -2.70. The average molecular weight is 194 g/mol. The Morgan fingerprint density at radius 2 is 1.07 bits per heavy atom. The third-order valence-corrected chi connectivity index (χ3v) is 5.50. The van der Waals surface area contributed by atoms with Crippen molar-refractivity contribution in [1.82, 2.24) is 0 Å². The van der Waals surface area contributed by atoms with Gasteiger partial charge in [-0.1, -0.05) is 26.7 Å². The van der Waals surface area contributed by atoms with Crippen LogP contribution in [0.4, 0.5) is 0 Å². The Kier molecular flexibility index (Phi) is 1.79. The number of rotatable bonds is 0. The average Bonchev–Trinajstić information content (AvgIpc) is 2.13. The summed E-state index contributed by atoms with van der Waals surface area (Å²) in [5.74, 6) is 4.68. The van der Waals surface area contributed by atoms with Crippen LogP contribution in [0.3, 0.4) is 0 Å². The fraction of sp³-hybridized carbons (Fsp3) is 1.00. The summed E-state index contributed by atoms with van der Waals surface area (Å²) in [6, 6.07) is 0.949. The van der Waals surface area contributed by atoms with Gasteiger partial charge in [-0.15, -0.1) is 0 Å². The maximum absolute atomic E-state index is 6.28. The van der Waals surface area contributed by atoms with Crippen molar-refractivity contribution in [3.63, 3.8) is 0 Å². The number of hydrogen-bond acceptors (Lipinski definition) is 2. The molecular weight excluding hydrogens is 172 g/mol. The van der Waals surface area contributed by atoms with Crippen molar-refractivity contribution >= 4 is 0 Å². The highest BCUT2D eigenvalue weighted by Gasteiger charge is 2.66.